The van der Waals surface area contributed by atoms with Crippen molar-refractivity contribution < 1.29 is 27.8 Å². The van der Waals surface area contributed by atoms with Crippen LogP contribution in [0.4, 0.5) is 14.5 Å². The minimum absolute atomic E-state index is 0.0859. The Kier molecular flexibility index (Phi) is 6.15. The van der Waals surface area contributed by atoms with Gasteiger partial charge in [0, 0.05) is 5.02 Å². The summed E-state index contributed by atoms with van der Waals surface area (Å²) in [5.41, 5.74) is -1.50. The first-order chi connectivity index (χ1) is 12.2. The van der Waals surface area contributed by atoms with E-state index in [9.17, 15) is 18.4 Å². The predicted molar refractivity (Wildman–Crippen MR) is 92.1 cm³/mol. The predicted octanol–water partition coefficient (Wildman–Crippen LogP) is 3.96. The zero-order chi connectivity index (χ0) is 19.3. The third-order valence-corrected chi connectivity index (χ3v) is 3.45. The van der Waals surface area contributed by atoms with Crippen LogP contribution in [0.25, 0.3) is 0 Å². The highest BCUT2D eigenvalue weighted by Gasteiger charge is 2.32. The molecular weight excluding hydrogens is 368 g/mol. The number of nitrogens with one attached hydrogen (secondary N) is 1. The van der Waals surface area contributed by atoms with E-state index in [0.717, 1.165) is 6.07 Å². The first kappa shape index (κ1) is 19.7. The number of benzene rings is 2. The summed E-state index contributed by atoms with van der Waals surface area (Å²) in [5, 5.41) is 2.45. The number of esters is 1. The number of carbonyl (C=O) groups is 2. The zero-order valence-corrected chi connectivity index (χ0v) is 14.8. The molecule has 1 N–H and O–H groups in total. The summed E-state index contributed by atoms with van der Waals surface area (Å²) in [6.45, 7) is 2.25. The number of hydrogen-bond acceptors (Lipinski definition) is 4. The van der Waals surface area contributed by atoms with Gasteiger partial charge in [-0.05, 0) is 56.3 Å². The van der Waals surface area contributed by atoms with Crippen molar-refractivity contribution >= 4 is 29.2 Å². The third-order valence-electron chi connectivity index (χ3n) is 3.22. The molecule has 0 heterocycles. The average molecular weight is 384 g/mol. The Morgan fingerprint density at radius 2 is 1.77 bits per heavy atom. The van der Waals surface area contributed by atoms with Gasteiger partial charge in [-0.2, -0.15) is 0 Å². The van der Waals surface area contributed by atoms with E-state index in [1.165, 1.54) is 50.2 Å². The van der Waals surface area contributed by atoms with Crippen molar-refractivity contribution in [1.29, 1.82) is 0 Å². The fourth-order valence-electron chi connectivity index (χ4n) is 1.92. The maximum atomic E-state index is 13.6. The Bertz CT molecular complexity index is 809. The minimum atomic E-state index is -1.41. The maximum Gasteiger partial charge on any atom is 0.350 e. The van der Waals surface area contributed by atoms with Crippen LogP contribution in [0.2, 0.25) is 5.02 Å². The summed E-state index contributed by atoms with van der Waals surface area (Å²) in [6.07, 6.45) is 0. The van der Waals surface area contributed by atoms with Crippen LogP contribution >= 0.6 is 11.6 Å². The van der Waals surface area contributed by atoms with Crippen LogP contribution in [-0.4, -0.2) is 24.1 Å². The lowest BCUT2D eigenvalue weighted by Gasteiger charge is -2.24. The Balaban J connectivity index is 1.89. The van der Waals surface area contributed by atoms with Crippen molar-refractivity contribution in [2.45, 2.75) is 19.4 Å². The number of hydrogen-bond donors (Lipinski definition) is 1. The molecule has 0 bridgehead atoms. The molecule has 0 aromatic heterocycles. The summed E-state index contributed by atoms with van der Waals surface area (Å²) < 4.78 is 36.9. The van der Waals surface area contributed by atoms with Gasteiger partial charge in [-0.3, -0.25) is 4.79 Å². The van der Waals surface area contributed by atoms with E-state index >= 15 is 0 Å². The molecule has 0 aliphatic rings. The smallest absolute Gasteiger partial charge is 0.350 e. The van der Waals surface area contributed by atoms with E-state index in [0.29, 0.717) is 0 Å². The molecule has 0 radical (unpaired) electrons. The molecular formula is C18H16ClF2NO4. The molecule has 2 aromatic rings. The van der Waals surface area contributed by atoms with Gasteiger partial charge in [0.1, 0.15) is 17.4 Å². The van der Waals surface area contributed by atoms with Gasteiger partial charge in [0.15, 0.2) is 12.2 Å². The highest BCUT2D eigenvalue weighted by atomic mass is 35.5. The Morgan fingerprint density at radius 3 is 2.38 bits per heavy atom. The highest BCUT2D eigenvalue weighted by Crippen LogP contribution is 2.21. The molecule has 0 saturated carbocycles. The molecule has 8 heteroatoms. The second-order valence-electron chi connectivity index (χ2n) is 5.81. The van der Waals surface area contributed by atoms with E-state index in [1.54, 1.807) is 0 Å². The van der Waals surface area contributed by atoms with Gasteiger partial charge in [0.05, 0.1) is 5.69 Å². The molecule has 0 atom stereocenters. The van der Waals surface area contributed by atoms with Crippen LogP contribution in [-0.2, 0) is 14.3 Å². The molecule has 0 aliphatic carbocycles. The van der Waals surface area contributed by atoms with Gasteiger partial charge in [-0.25, -0.2) is 13.6 Å². The average Bonchev–Trinajstić information content (AvgIpc) is 2.57. The standard InChI is InChI=1S/C18H16ClF2NO4/c1-18(2,26-13-6-4-12(20)5-7-13)17(24)25-10-16(23)22-15-8-3-11(19)9-14(15)21/h3-9H,10H2,1-2H3,(H,22,23). The summed E-state index contributed by atoms with van der Waals surface area (Å²) in [6, 6.07) is 8.84. The molecule has 5 nitrogen and oxygen atoms in total. The molecule has 2 rings (SSSR count). The van der Waals surface area contributed by atoms with E-state index in [-0.39, 0.29) is 16.5 Å². The number of rotatable bonds is 6. The molecule has 0 spiro atoms. The lowest BCUT2D eigenvalue weighted by Crippen LogP contribution is -2.41. The third kappa shape index (κ3) is 5.42. The first-order valence-corrected chi connectivity index (χ1v) is 7.92. The first-order valence-electron chi connectivity index (χ1n) is 7.54. The van der Waals surface area contributed by atoms with Gasteiger partial charge in [0.25, 0.3) is 5.91 Å². The maximum absolute atomic E-state index is 13.6. The fourth-order valence-corrected chi connectivity index (χ4v) is 2.08. The van der Waals surface area contributed by atoms with Crippen molar-refractivity contribution in [3.8, 4) is 5.75 Å². The summed E-state index contributed by atoms with van der Waals surface area (Å²) in [5.74, 6) is -2.42. The number of ether oxygens (including phenoxy) is 2. The second-order valence-corrected chi connectivity index (χ2v) is 6.25. The number of carbonyl (C=O) groups excluding carboxylic acids is 2. The van der Waals surface area contributed by atoms with Gasteiger partial charge < -0.3 is 14.8 Å². The van der Waals surface area contributed by atoms with E-state index in [1.807, 2.05) is 0 Å². The monoisotopic (exact) mass is 383 g/mol. The molecule has 138 valence electrons. The van der Waals surface area contributed by atoms with E-state index in [4.69, 9.17) is 21.1 Å². The van der Waals surface area contributed by atoms with Gasteiger partial charge >= 0.3 is 5.97 Å². The van der Waals surface area contributed by atoms with Crippen molar-refractivity contribution in [3.63, 3.8) is 0 Å². The van der Waals surface area contributed by atoms with E-state index in [2.05, 4.69) is 5.32 Å². The topological polar surface area (TPSA) is 64.6 Å². The van der Waals surface area contributed by atoms with Gasteiger partial charge in [0.2, 0.25) is 0 Å². The highest BCUT2D eigenvalue weighted by molar-refractivity contribution is 6.30. The van der Waals surface area contributed by atoms with Gasteiger partial charge in [-0.1, -0.05) is 11.6 Å². The summed E-state index contributed by atoms with van der Waals surface area (Å²) in [7, 11) is 0. The van der Waals surface area contributed by atoms with Crippen LogP contribution in [0.3, 0.4) is 0 Å². The van der Waals surface area contributed by atoms with Crippen LogP contribution < -0.4 is 10.1 Å². The lowest BCUT2D eigenvalue weighted by atomic mass is 10.1. The van der Waals surface area contributed by atoms with Crippen LogP contribution in [0.1, 0.15) is 13.8 Å². The molecule has 0 aliphatic heterocycles. The Morgan fingerprint density at radius 1 is 1.12 bits per heavy atom. The lowest BCUT2D eigenvalue weighted by molar-refractivity contribution is -0.161. The van der Waals surface area contributed by atoms with Crippen LogP contribution in [0.5, 0.6) is 5.75 Å². The summed E-state index contributed by atoms with van der Waals surface area (Å²) in [4.78, 5) is 23.9. The van der Waals surface area contributed by atoms with Crippen molar-refractivity contribution in [2.75, 3.05) is 11.9 Å². The molecule has 0 fully saturated rings. The van der Waals surface area contributed by atoms with Gasteiger partial charge in [-0.15, -0.1) is 0 Å². The molecule has 0 saturated heterocycles. The van der Waals surface area contributed by atoms with E-state index < -0.39 is 35.7 Å². The number of amides is 1. The Hall–Kier alpha value is -2.67. The van der Waals surface area contributed by atoms with Crippen LogP contribution in [0, 0.1) is 11.6 Å². The minimum Gasteiger partial charge on any atom is -0.476 e. The molecule has 1 amide bonds. The molecule has 26 heavy (non-hydrogen) atoms. The largest absolute Gasteiger partial charge is 0.476 e. The Labute approximate surface area is 153 Å². The summed E-state index contributed by atoms with van der Waals surface area (Å²) >= 11 is 5.62. The quantitative estimate of drug-likeness (QED) is 0.767. The van der Waals surface area contributed by atoms with Crippen molar-refractivity contribution in [2.24, 2.45) is 0 Å². The SMILES string of the molecule is CC(C)(Oc1ccc(F)cc1)C(=O)OCC(=O)Nc1ccc(Cl)cc1F. The molecule has 0 unspecified atom stereocenters. The molecule has 2 aromatic carbocycles. The fraction of sp³-hybridized carbons (Fsp3) is 0.222. The van der Waals surface area contributed by atoms with Crippen LogP contribution in [0.15, 0.2) is 42.5 Å². The number of anilines is 1. The number of halogens is 3. The van der Waals surface area contributed by atoms with Crippen molar-refractivity contribution in [3.05, 3.63) is 59.1 Å². The normalized spacial score (nSPS) is 11.0. The zero-order valence-electron chi connectivity index (χ0n) is 14.0. The van der Waals surface area contributed by atoms with Crippen molar-refractivity contribution in [1.82, 2.24) is 0 Å². The second kappa shape index (κ2) is 8.14.